The van der Waals surface area contributed by atoms with Gasteiger partial charge >= 0.3 is 0 Å². The van der Waals surface area contributed by atoms with Gasteiger partial charge in [0.2, 0.25) is 16.0 Å². The van der Waals surface area contributed by atoms with Crippen LogP contribution in [0.5, 0.6) is 0 Å². The van der Waals surface area contributed by atoms with Gasteiger partial charge in [-0.15, -0.1) is 0 Å². The Bertz CT molecular complexity index is 1190. The molecule has 33 heavy (non-hydrogen) atoms. The Morgan fingerprint density at radius 2 is 1.82 bits per heavy atom. The highest BCUT2D eigenvalue weighted by molar-refractivity contribution is 7.89. The molecule has 2 aromatic heterocycles. The lowest BCUT2D eigenvalue weighted by molar-refractivity contribution is 0.126. The minimum Gasteiger partial charge on any atom is -0.393 e. The Morgan fingerprint density at radius 3 is 2.48 bits per heavy atom. The Kier molecular flexibility index (Phi) is 7.11. The van der Waals surface area contributed by atoms with Crippen molar-refractivity contribution in [2.45, 2.75) is 69.5 Å². The molecule has 1 aromatic carbocycles. The third-order valence-corrected chi connectivity index (χ3v) is 7.28. The van der Waals surface area contributed by atoms with Crippen LogP contribution in [0.2, 0.25) is 0 Å². The molecular formula is C22H31N7O3S. The van der Waals surface area contributed by atoms with E-state index in [1.165, 1.54) is 0 Å². The zero-order valence-corrected chi connectivity index (χ0v) is 19.8. The fraction of sp³-hybridized carbons (Fsp3) is 0.500. The number of aromatic nitrogens is 4. The van der Waals surface area contributed by atoms with E-state index in [1.807, 2.05) is 18.4 Å². The zero-order chi connectivity index (χ0) is 23.4. The number of aliphatic hydroxyl groups excluding tert-OH is 1. The highest BCUT2D eigenvalue weighted by Crippen LogP contribution is 2.27. The summed E-state index contributed by atoms with van der Waals surface area (Å²) >= 11 is 0. The summed E-state index contributed by atoms with van der Waals surface area (Å²) in [7, 11) is -3.52. The molecule has 11 heteroatoms. The summed E-state index contributed by atoms with van der Waals surface area (Å²) in [6.45, 7) is 5.06. The van der Waals surface area contributed by atoms with Crippen molar-refractivity contribution in [3.8, 4) is 0 Å². The summed E-state index contributed by atoms with van der Waals surface area (Å²) in [6, 6.07) is 6.75. The maximum atomic E-state index is 12.3. The molecule has 0 amide bonds. The number of fused-ring (bicyclic) bond motifs is 1. The van der Waals surface area contributed by atoms with Crippen LogP contribution in [0, 0.1) is 0 Å². The van der Waals surface area contributed by atoms with Crippen molar-refractivity contribution in [2.24, 2.45) is 0 Å². The molecule has 0 radical (unpaired) electrons. The molecule has 3 aromatic rings. The summed E-state index contributed by atoms with van der Waals surface area (Å²) in [5, 5.41) is 16.4. The minimum atomic E-state index is -3.52. The lowest BCUT2D eigenvalue weighted by Crippen LogP contribution is -2.29. The standard InChI is InChI=1S/C22H31N7O3S/c1-3-13-24-33(31,32)18-11-7-15(8-12-18)25-20-19-21(29(4-2)14-23-19)28-22(27-20)26-16-5-9-17(30)10-6-16/h7-8,11-12,14,16-17,24,30H,3-6,9-10,13H2,1-2H3,(H2,25,26,27,28)/t16-,17-. The third-order valence-electron chi connectivity index (χ3n) is 5.80. The zero-order valence-electron chi connectivity index (χ0n) is 19.0. The Labute approximate surface area is 193 Å². The van der Waals surface area contributed by atoms with Crippen molar-refractivity contribution in [1.29, 1.82) is 0 Å². The summed E-state index contributed by atoms with van der Waals surface area (Å²) in [4.78, 5) is 14.0. The molecule has 0 saturated heterocycles. The van der Waals surface area contributed by atoms with E-state index in [2.05, 4.69) is 30.3 Å². The van der Waals surface area contributed by atoms with Crippen LogP contribution in [0.3, 0.4) is 0 Å². The van der Waals surface area contributed by atoms with Gasteiger partial charge < -0.3 is 20.3 Å². The first kappa shape index (κ1) is 23.4. The largest absolute Gasteiger partial charge is 0.393 e. The number of imidazole rings is 1. The first-order chi connectivity index (χ1) is 15.9. The average Bonchev–Trinajstić information content (AvgIpc) is 3.23. The van der Waals surface area contributed by atoms with Gasteiger partial charge in [-0.25, -0.2) is 18.1 Å². The van der Waals surface area contributed by atoms with E-state index in [9.17, 15) is 13.5 Å². The van der Waals surface area contributed by atoms with E-state index in [0.29, 0.717) is 29.5 Å². The van der Waals surface area contributed by atoms with Crippen molar-refractivity contribution in [2.75, 3.05) is 17.2 Å². The van der Waals surface area contributed by atoms with E-state index in [0.717, 1.165) is 44.3 Å². The van der Waals surface area contributed by atoms with E-state index in [4.69, 9.17) is 0 Å². The van der Waals surface area contributed by atoms with Crippen molar-refractivity contribution in [3.63, 3.8) is 0 Å². The van der Waals surface area contributed by atoms with Crippen LogP contribution in [0.4, 0.5) is 17.5 Å². The topological polar surface area (TPSA) is 134 Å². The van der Waals surface area contributed by atoms with Gasteiger partial charge in [0.15, 0.2) is 17.0 Å². The summed E-state index contributed by atoms with van der Waals surface area (Å²) in [5.41, 5.74) is 2.06. The van der Waals surface area contributed by atoms with Gasteiger partial charge in [-0.2, -0.15) is 9.97 Å². The number of hydrogen-bond donors (Lipinski definition) is 4. The van der Waals surface area contributed by atoms with Crippen molar-refractivity contribution in [3.05, 3.63) is 30.6 Å². The van der Waals surface area contributed by atoms with E-state index >= 15 is 0 Å². The number of nitrogens with one attached hydrogen (secondary N) is 3. The Morgan fingerprint density at radius 1 is 1.09 bits per heavy atom. The lowest BCUT2D eigenvalue weighted by atomic mass is 9.93. The highest BCUT2D eigenvalue weighted by atomic mass is 32.2. The molecule has 10 nitrogen and oxygen atoms in total. The number of hydrogen-bond acceptors (Lipinski definition) is 8. The highest BCUT2D eigenvalue weighted by Gasteiger charge is 2.21. The second kappa shape index (κ2) is 10.0. The Balaban J connectivity index is 1.59. The lowest BCUT2D eigenvalue weighted by Gasteiger charge is -2.26. The molecule has 4 rings (SSSR count). The van der Waals surface area contributed by atoms with Crippen LogP contribution in [-0.2, 0) is 16.6 Å². The van der Waals surface area contributed by atoms with Crippen LogP contribution in [0.15, 0.2) is 35.5 Å². The third kappa shape index (κ3) is 5.43. The van der Waals surface area contributed by atoms with Gasteiger partial charge in [0, 0.05) is 24.8 Å². The molecule has 4 N–H and O–H groups in total. The van der Waals surface area contributed by atoms with Crippen molar-refractivity contribution < 1.29 is 13.5 Å². The van der Waals surface area contributed by atoms with Gasteiger partial charge in [0.05, 0.1) is 17.3 Å². The average molecular weight is 474 g/mol. The van der Waals surface area contributed by atoms with Crippen LogP contribution in [0.1, 0.15) is 46.0 Å². The monoisotopic (exact) mass is 473 g/mol. The molecule has 1 aliphatic carbocycles. The maximum absolute atomic E-state index is 12.3. The van der Waals surface area contributed by atoms with E-state index in [1.54, 1.807) is 30.6 Å². The van der Waals surface area contributed by atoms with E-state index < -0.39 is 10.0 Å². The number of rotatable bonds is 9. The second-order valence-electron chi connectivity index (χ2n) is 8.30. The van der Waals surface area contributed by atoms with Gasteiger partial charge in [-0.3, -0.25) is 0 Å². The second-order valence-corrected chi connectivity index (χ2v) is 10.1. The summed E-state index contributed by atoms with van der Waals surface area (Å²) in [5.74, 6) is 1.05. The first-order valence-electron chi connectivity index (χ1n) is 11.4. The molecular weight excluding hydrogens is 442 g/mol. The van der Waals surface area contributed by atoms with E-state index in [-0.39, 0.29) is 17.0 Å². The maximum Gasteiger partial charge on any atom is 0.240 e. The quantitative estimate of drug-likeness (QED) is 0.373. The molecule has 0 spiro atoms. The molecule has 178 valence electrons. The van der Waals surface area contributed by atoms with Crippen LogP contribution < -0.4 is 15.4 Å². The molecule has 0 aliphatic heterocycles. The van der Waals surface area contributed by atoms with Gasteiger partial charge in [-0.05, 0) is 63.3 Å². The molecule has 0 atom stereocenters. The normalized spacial score (nSPS) is 19.0. The predicted octanol–water partition coefficient (Wildman–Crippen LogP) is 2.99. The summed E-state index contributed by atoms with van der Waals surface area (Å²) < 4.78 is 29.2. The number of aryl methyl sites for hydroxylation is 1. The number of anilines is 3. The molecule has 1 saturated carbocycles. The van der Waals surface area contributed by atoms with Crippen molar-refractivity contribution in [1.82, 2.24) is 24.2 Å². The molecule has 1 aliphatic rings. The first-order valence-corrected chi connectivity index (χ1v) is 12.9. The number of benzene rings is 1. The molecule has 0 unspecified atom stereocenters. The number of sulfonamides is 1. The fourth-order valence-corrected chi connectivity index (χ4v) is 5.04. The minimum absolute atomic E-state index is 0.205. The fourth-order valence-electron chi connectivity index (χ4n) is 3.90. The number of aliphatic hydroxyl groups is 1. The molecule has 0 bridgehead atoms. The predicted molar refractivity (Wildman–Crippen MR) is 128 cm³/mol. The van der Waals surface area contributed by atoms with Gasteiger partial charge in [-0.1, -0.05) is 6.92 Å². The van der Waals surface area contributed by atoms with Crippen LogP contribution >= 0.6 is 0 Å². The molecule has 2 heterocycles. The SMILES string of the molecule is CCCNS(=O)(=O)c1ccc(Nc2nc(N[C@H]3CC[C@H](O)CC3)nc3c2ncn3CC)cc1. The molecule has 1 fully saturated rings. The van der Waals surface area contributed by atoms with Crippen molar-refractivity contribution >= 4 is 38.6 Å². The number of nitrogens with zero attached hydrogens (tertiary/aromatic N) is 4. The van der Waals surface area contributed by atoms with Gasteiger partial charge in [0.25, 0.3) is 0 Å². The van der Waals surface area contributed by atoms with Gasteiger partial charge in [0.1, 0.15) is 0 Å². The smallest absolute Gasteiger partial charge is 0.240 e. The Hall–Kier alpha value is -2.76. The van der Waals surface area contributed by atoms with Crippen LogP contribution in [0.25, 0.3) is 11.2 Å². The van der Waals surface area contributed by atoms with Crippen LogP contribution in [-0.4, -0.2) is 51.7 Å². The summed E-state index contributed by atoms with van der Waals surface area (Å²) in [6.07, 6.45) is 5.49.